The Morgan fingerprint density at radius 3 is 2.81 bits per heavy atom. The molecule has 2 rings (SSSR count). The van der Waals surface area contributed by atoms with Gasteiger partial charge < -0.3 is 14.8 Å². The molecule has 1 aromatic heterocycles. The number of carbonyl (C=O) groups is 1. The van der Waals surface area contributed by atoms with Gasteiger partial charge in [-0.25, -0.2) is 0 Å². The monoisotopic (exact) mass is 217 g/mol. The highest BCUT2D eigenvalue weighted by molar-refractivity contribution is 6.04. The average molecular weight is 217 g/mol. The SMILES string of the molecule is Cc1occc1C(=O)Nc1cccc(O)c1. The van der Waals surface area contributed by atoms with Crippen molar-refractivity contribution in [2.75, 3.05) is 5.32 Å². The Labute approximate surface area is 92.5 Å². The maximum atomic E-state index is 11.8. The number of hydrogen-bond donors (Lipinski definition) is 2. The number of benzene rings is 1. The Kier molecular flexibility index (Phi) is 2.64. The summed E-state index contributed by atoms with van der Waals surface area (Å²) >= 11 is 0. The molecule has 1 heterocycles. The molecule has 0 aliphatic rings. The van der Waals surface area contributed by atoms with Crippen LogP contribution in [0.3, 0.4) is 0 Å². The number of rotatable bonds is 2. The van der Waals surface area contributed by atoms with Gasteiger partial charge in [0.2, 0.25) is 0 Å². The zero-order chi connectivity index (χ0) is 11.5. The lowest BCUT2D eigenvalue weighted by molar-refractivity contribution is 0.102. The lowest BCUT2D eigenvalue weighted by atomic mass is 10.2. The van der Waals surface area contributed by atoms with Crippen molar-refractivity contribution in [3.63, 3.8) is 0 Å². The molecule has 0 saturated carbocycles. The molecule has 0 aliphatic carbocycles. The summed E-state index contributed by atoms with van der Waals surface area (Å²) in [5.74, 6) is 0.427. The third-order valence-corrected chi connectivity index (χ3v) is 2.21. The molecule has 0 spiro atoms. The molecule has 0 unspecified atom stereocenters. The van der Waals surface area contributed by atoms with Crippen LogP contribution in [-0.4, -0.2) is 11.0 Å². The van der Waals surface area contributed by atoms with E-state index in [1.807, 2.05) is 0 Å². The van der Waals surface area contributed by atoms with E-state index in [1.165, 1.54) is 12.3 Å². The third-order valence-electron chi connectivity index (χ3n) is 2.21. The Balaban J connectivity index is 2.17. The van der Waals surface area contributed by atoms with Crippen LogP contribution in [0.15, 0.2) is 41.0 Å². The van der Waals surface area contributed by atoms with Crippen molar-refractivity contribution in [3.8, 4) is 5.75 Å². The van der Waals surface area contributed by atoms with Gasteiger partial charge in [0, 0.05) is 11.8 Å². The smallest absolute Gasteiger partial charge is 0.259 e. The molecule has 2 N–H and O–H groups in total. The topological polar surface area (TPSA) is 62.5 Å². The first-order chi connectivity index (χ1) is 7.66. The van der Waals surface area contributed by atoms with Gasteiger partial charge in [0.25, 0.3) is 5.91 Å². The Hall–Kier alpha value is -2.23. The van der Waals surface area contributed by atoms with Crippen molar-refractivity contribution in [2.45, 2.75) is 6.92 Å². The van der Waals surface area contributed by atoms with Gasteiger partial charge in [-0.15, -0.1) is 0 Å². The first kappa shape index (κ1) is 10.3. The first-order valence-corrected chi connectivity index (χ1v) is 4.81. The van der Waals surface area contributed by atoms with Gasteiger partial charge in [-0.1, -0.05) is 6.07 Å². The Morgan fingerprint density at radius 2 is 2.19 bits per heavy atom. The summed E-state index contributed by atoms with van der Waals surface area (Å²) in [6, 6.07) is 7.99. The van der Waals surface area contributed by atoms with Crippen LogP contribution in [0.1, 0.15) is 16.1 Å². The van der Waals surface area contributed by atoms with Gasteiger partial charge >= 0.3 is 0 Å². The van der Waals surface area contributed by atoms with E-state index in [9.17, 15) is 9.90 Å². The van der Waals surface area contributed by atoms with E-state index < -0.39 is 0 Å². The van der Waals surface area contributed by atoms with E-state index in [0.29, 0.717) is 17.0 Å². The molecular formula is C12H11NO3. The highest BCUT2D eigenvalue weighted by atomic mass is 16.3. The van der Waals surface area contributed by atoms with Gasteiger partial charge in [0.1, 0.15) is 11.5 Å². The lowest BCUT2D eigenvalue weighted by Gasteiger charge is -2.04. The molecule has 2 aromatic rings. The zero-order valence-electron chi connectivity index (χ0n) is 8.73. The molecule has 82 valence electrons. The number of amides is 1. The van der Waals surface area contributed by atoms with Crippen molar-refractivity contribution < 1.29 is 14.3 Å². The fourth-order valence-electron chi connectivity index (χ4n) is 1.40. The van der Waals surface area contributed by atoms with Crippen LogP contribution in [0.2, 0.25) is 0 Å². The number of anilines is 1. The van der Waals surface area contributed by atoms with Crippen LogP contribution in [-0.2, 0) is 0 Å². The zero-order valence-corrected chi connectivity index (χ0v) is 8.73. The summed E-state index contributed by atoms with van der Waals surface area (Å²) in [5.41, 5.74) is 1.04. The third kappa shape index (κ3) is 2.06. The number of aryl methyl sites for hydroxylation is 1. The van der Waals surface area contributed by atoms with E-state index in [-0.39, 0.29) is 11.7 Å². The number of carbonyl (C=O) groups excluding carboxylic acids is 1. The van der Waals surface area contributed by atoms with E-state index in [1.54, 1.807) is 31.2 Å². The van der Waals surface area contributed by atoms with E-state index in [4.69, 9.17) is 4.42 Å². The Bertz CT molecular complexity index is 516. The van der Waals surface area contributed by atoms with Gasteiger partial charge in [0.05, 0.1) is 11.8 Å². The van der Waals surface area contributed by atoms with Crippen molar-refractivity contribution in [3.05, 3.63) is 47.9 Å². The molecular weight excluding hydrogens is 206 g/mol. The molecule has 0 fully saturated rings. The highest BCUT2D eigenvalue weighted by Crippen LogP contribution is 2.17. The lowest BCUT2D eigenvalue weighted by Crippen LogP contribution is -2.11. The van der Waals surface area contributed by atoms with Gasteiger partial charge in [-0.3, -0.25) is 4.79 Å². The van der Waals surface area contributed by atoms with E-state index in [0.717, 1.165) is 0 Å². The maximum Gasteiger partial charge on any atom is 0.259 e. The fraction of sp³-hybridized carbons (Fsp3) is 0.0833. The first-order valence-electron chi connectivity index (χ1n) is 4.81. The average Bonchev–Trinajstić information content (AvgIpc) is 2.64. The van der Waals surface area contributed by atoms with Crippen molar-refractivity contribution in [1.29, 1.82) is 0 Å². The largest absolute Gasteiger partial charge is 0.508 e. The van der Waals surface area contributed by atoms with Gasteiger partial charge in [-0.2, -0.15) is 0 Å². The Morgan fingerprint density at radius 1 is 1.38 bits per heavy atom. The minimum absolute atomic E-state index is 0.113. The minimum Gasteiger partial charge on any atom is -0.508 e. The molecule has 0 radical (unpaired) electrons. The quantitative estimate of drug-likeness (QED) is 0.812. The molecule has 0 saturated heterocycles. The second-order valence-electron chi connectivity index (χ2n) is 3.39. The van der Waals surface area contributed by atoms with E-state index in [2.05, 4.69) is 5.32 Å². The number of phenolic OH excluding ortho intramolecular Hbond substituents is 1. The number of nitrogens with one attached hydrogen (secondary N) is 1. The second kappa shape index (κ2) is 4.10. The van der Waals surface area contributed by atoms with Crippen LogP contribution in [0.25, 0.3) is 0 Å². The molecule has 4 nitrogen and oxygen atoms in total. The van der Waals surface area contributed by atoms with Crippen LogP contribution < -0.4 is 5.32 Å². The summed E-state index contributed by atoms with van der Waals surface area (Å²) in [4.78, 5) is 11.8. The number of furan rings is 1. The number of aromatic hydroxyl groups is 1. The molecule has 0 bridgehead atoms. The number of hydrogen-bond acceptors (Lipinski definition) is 3. The summed E-state index contributed by atoms with van der Waals surface area (Å²) in [5, 5.41) is 11.9. The van der Waals surface area contributed by atoms with Crippen molar-refractivity contribution in [2.24, 2.45) is 0 Å². The van der Waals surface area contributed by atoms with Crippen LogP contribution >= 0.6 is 0 Å². The number of phenols is 1. The van der Waals surface area contributed by atoms with Gasteiger partial charge in [0.15, 0.2) is 0 Å². The van der Waals surface area contributed by atoms with E-state index >= 15 is 0 Å². The minimum atomic E-state index is -0.253. The van der Waals surface area contributed by atoms with Crippen LogP contribution in [0, 0.1) is 6.92 Å². The fourth-order valence-corrected chi connectivity index (χ4v) is 1.40. The molecule has 0 atom stereocenters. The molecule has 1 aromatic carbocycles. The van der Waals surface area contributed by atoms with Crippen LogP contribution in [0.5, 0.6) is 5.75 Å². The summed E-state index contributed by atoms with van der Waals surface area (Å²) in [6.07, 6.45) is 1.46. The maximum absolute atomic E-state index is 11.8. The van der Waals surface area contributed by atoms with Crippen molar-refractivity contribution in [1.82, 2.24) is 0 Å². The summed E-state index contributed by atoms with van der Waals surface area (Å²) in [6.45, 7) is 1.72. The predicted octanol–water partition coefficient (Wildman–Crippen LogP) is 2.55. The molecule has 0 aliphatic heterocycles. The molecule has 16 heavy (non-hydrogen) atoms. The molecule has 1 amide bonds. The van der Waals surface area contributed by atoms with Crippen LogP contribution in [0.4, 0.5) is 5.69 Å². The van der Waals surface area contributed by atoms with Crippen molar-refractivity contribution >= 4 is 11.6 Å². The predicted molar refractivity (Wildman–Crippen MR) is 59.5 cm³/mol. The summed E-state index contributed by atoms with van der Waals surface area (Å²) in [7, 11) is 0. The summed E-state index contributed by atoms with van der Waals surface area (Å²) < 4.78 is 5.04. The normalized spacial score (nSPS) is 10.1. The molecule has 4 heteroatoms. The second-order valence-corrected chi connectivity index (χ2v) is 3.39. The highest BCUT2D eigenvalue weighted by Gasteiger charge is 2.11. The van der Waals surface area contributed by atoms with Gasteiger partial charge in [-0.05, 0) is 25.1 Å². The standard InChI is InChI=1S/C12H11NO3/c1-8-11(5-6-16-8)12(15)13-9-3-2-4-10(14)7-9/h2-7,14H,1H3,(H,13,15).